The van der Waals surface area contributed by atoms with Crippen molar-refractivity contribution in [2.75, 3.05) is 13.2 Å². The van der Waals surface area contributed by atoms with Gasteiger partial charge in [-0.3, -0.25) is 0 Å². The molecule has 1 aliphatic rings. The Labute approximate surface area is 200 Å². The lowest BCUT2D eigenvalue weighted by Gasteiger charge is -2.18. The van der Waals surface area contributed by atoms with Crippen LogP contribution in [0.1, 0.15) is 10.6 Å². The Balaban J connectivity index is 1.50. The van der Waals surface area contributed by atoms with Crippen molar-refractivity contribution in [1.29, 1.82) is 5.26 Å². The number of rotatable bonds is 4. The quantitative estimate of drug-likeness (QED) is 0.307. The van der Waals surface area contributed by atoms with Gasteiger partial charge in [0.05, 0.1) is 21.5 Å². The molecule has 6 nitrogen and oxygen atoms in total. The number of benzene rings is 3. The molecule has 0 fully saturated rings. The van der Waals surface area contributed by atoms with Gasteiger partial charge in [-0.05, 0) is 48.5 Å². The zero-order chi connectivity index (χ0) is 22.9. The van der Waals surface area contributed by atoms with Crippen LogP contribution in [0.25, 0.3) is 38.8 Å². The number of fused-ring (bicyclic) bond motifs is 2. The van der Waals surface area contributed by atoms with E-state index in [0.29, 0.717) is 29.5 Å². The third-order valence-corrected chi connectivity index (χ3v) is 6.59. The van der Waals surface area contributed by atoms with Crippen molar-refractivity contribution < 1.29 is 9.47 Å². The van der Waals surface area contributed by atoms with E-state index in [1.165, 1.54) is 11.3 Å². The number of ether oxygens (including phenoxy) is 2. The molecule has 0 amide bonds. The summed E-state index contributed by atoms with van der Waals surface area (Å²) in [4.78, 5) is 4.67. The van der Waals surface area contributed by atoms with Gasteiger partial charge >= 0.3 is 0 Å². The fourth-order valence-electron chi connectivity index (χ4n) is 3.91. The third kappa shape index (κ3) is 3.70. The first-order valence-electron chi connectivity index (χ1n) is 10.8. The van der Waals surface area contributed by atoms with Gasteiger partial charge in [0.1, 0.15) is 30.0 Å². The summed E-state index contributed by atoms with van der Waals surface area (Å²) in [5.74, 6) is 1.42. The minimum absolute atomic E-state index is 0.493. The molecule has 6 rings (SSSR count). The lowest BCUT2D eigenvalue weighted by Crippen LogP contribution is -2.15. The molecule has 0 aliphatic carbocycles. The van der Waals surface area contributed by atoms with Crippen LogP contribution in [0, 0.1) is 11.3 Å². The van der Waals surface area contributed by atoms with Crippen LogP contribution in [0.2, 0.25) is 0 Å². The molecule has 0 spiro atoms. The van der Waals surface area contributed by atoms with Gasteiger partial charge in [-0.2, -0.15) is 10.4 Å². The maximum atomic E-state index is 9.99. The summed E-state index contributed by atoms with van der Waals surface area (Å²) in [5, 5.41) is 15.6. The van der Waals surface area contributed by atoms with Crippen LogP contribution in [0.3, 0.4) is 0 Å². The van der Waals surface area contributed by atoms with Gasteiger partial charge in [0.2, 0.25) is 0 Å². The maximum absolute atomic E-state index is 9.99. The maximum Gasteiger partial charge on any atom is 0.162 e. The largest absolute Gasteiger partial charge is 0.486 e. The summed E-state index contributed by atoms with van der Waals surface area (Å²) in [6.45, 7) is 1.05. The molecular formula is C27H18N4O2S. The molecule has 3 aromatic carbocycles. The third-order valence-electron chi connectivity index (χ3n) is 5.52. The molecule has 0 bridgehead atoms. The molecule has 5 aromatic rings. The Hall–Kier alpha value is -4.41. The summed E-state index contributed by atoms with van der Waals surface area (Å²) in [7, 11) is 0. The van der Waals surface area contributed by atoms with E-state index in [0.717, 1.165) is 38.5 Å². The van der Waals surface area contributed by atoms with Crippen molar-refractivity contribution in [1.82, 2.24) is 14.8 Å². The molecule has 164 valence electrons. The molecule has 0 saturated carbocycles. The topological polar surface area (TPSA) is 73.0 Å². The number of nitrogens with zero attached hydrogens (tertiary/aromatic N) is 4. The summed E-state index contributed by atoms with van der Waals surface area (Å²) < 4.78 is 14.3. The van der Waals surface area contributed by atoms with Crippen molar-refractivity contribution in [2.45, 2.75) is 0 Å². The molecule has 0 N–H and O–H groups in total. The second-order valence-electron chi connectivity index (χ2n) is 7.73. The normalized spacial score (nSPS) is 13.1. The SMILES string of the molecule is N#C/C(=C/c1cn(-c2ccccc2)nc1-c1ccc2c(c1)OCCO2)c1nc2ccccc2s1. The van der Waals surface area contributed by atoms with E-state index in [-0.39, 0.29) is 0 Å². The second-order valence-corrected chi connectivity index (χ2v) is 8.76. The van der Waals surface area contributed by atoms with Gasteiger partial charge in [-0.1, -0.05) is 30.3 Å². The number of hydrogen-bond donors (Lipinski definition) is 0. The molecule has 1 aliphatic heterocycles. The first-order valence-corrected chi connectivity index (χ1v) is 11.6. The van der Waals surface area contributed by atoms with Crippen LogP contribution in [0.15, 0.2) is 79.0 Å². The van der Waals surface area contributed by atoms with Gasteiger partial charge < -0.3 is 9.47 Å². The highest BCUT2D eigenvalue weighted by molar-refractivity contribution is 7.19. The number of aromatic nitrogens is 3. The van der Waals surface area contributed by atoms with Gasteiger partial charge in [0, 0.05) is 17.3 Å². The average molecular weight is 463 g/mol. The van der Waals surface area contributed by atoms with Gasteiger partial charge in [0.25, 0.3) is 0 Å². The van der Waals surface area contributed by atoms with Gasteiger partial charge in [-0.15, -0.1) is 11.3 Å². The first-order chi connectivity index (χ1) is 16.8. The van der Waals surface area contributed by atoms with E-state index >= 15 is 0 Å². The number of para-hydroxylation sites is 2. The highest BCUT2D eigenvalue weighted by Gasteiger charge is 2.18. The van der Waals surface area contributed by atoms with E-state index in [4.69, 9.17) is 14.6 Å². The van der Waals surface area contributed by atoms with Crippen LogP contribution in [0.4, 0.5) is 0 Å². The van der Waals surface area contributed by atoms with Crippen molar-refractivity contribution in [3.8, 4) is 34.5 Å². The zero-order valence-electron chi connectivity index (χ0n) is 18.0. The Morgan fingerprint density at radius 3 is 2.59 bits per heavy atom. The van der Waals surface area contributed by atoms with Crippen LogP contribution in [0.5, 0.6) is 11.5 Å². The lowest BCUT2D eigenvalue weighted by molar-refractivity contribution is 0.171. The molecule has 0 saturated heterocycles. The fraction of sp³-hybridized carbons (Fsp3) is 0.0741. The Morgan fingerprint density at radius 1 is 0.971 bits per heavy atom. The zero-order valence-corrected chi connectivity index (χ0v) is 18.8. The molecule has 0 radical (unpaired) electrons. The lowest BCUT2D eigenvalue weighted by atomic mass is 10.1. The predicted molar refractivity (Wildman–Crippen MR) is 133 cm³/mol. The Kier molecular flexibility index (Phi) is 5.06. The van der Waals surface area contributed by atoms with Gasteiger partial charge in [0.15, 0.2) is 11.5 Å². The van der Waals surface area contributed by atoms with Crippen LogP contribution in [-0.4, -0.2) is 28.0 Å². The molecule has 0 unspecified atom stereocenters. The minimum atomic E-state index is 0.493. The number of thiazole rings is 1. The summed E-state index contributed by atoms with van der Waals surface area (Å²) in [6.07, 6.45) is 3.79. The molecule has 0 atom stereocenters. The summed E-state index contributed by atoms with van der Waals surface area (Å²) in [5.41, 5.74) is 4.75. The Bertz CT molecular complexity index is 1540. The van der Waals surface area contributed by atoms with E-state index in [2.05, 4.69) is 11.1 Å². The fourth-order valence-corrected chi connectivity index (χ4v) is 4.84. The summed E-state index contributed by atoms with van der Waals surface area (Å²) in [6, 6.07) is 25.9. The predicted octanol–water partition coefficient (Wildman–Crippen LogP) is 5.98. The first kappa shape index (κ1) is 20.2. The molecule has 3 heterocycles. The van der Waals surface area contributed by atoms with Crippen molar-refractivity contribution in [2.24, 2.45) is 0 Å². The molecule has 34 heavy (non-hydrogen) atoms. The van der Waals surface area contributed by atoms with Crippen LogP contribution < -0.4 is 9.47 Å². The number of allylic oxidation sites excluding steroid dienone is 1. The van der Waals surface area contributed by atoms with Crippen LogP contribution in [-0.2, 0) is 0 Å². The van der Waals surface area contributed by atoms with E-state index in [1.54, 1.807) is 0 Å². The van der Waals surface area contributed by atoms with E-state index in [1.807, 2.05) is 89.8 Å². The second kappa shape index (κ2) is 8.50. The van der Waals surface area contributed by atoms with Crippen molar-refractivity contribution in [3.63, 3.8) is 0 Å². The molecule has 2 aromatic heterocycles. The van der Waals surface area contributed by atoms with Crippen LogP contribution >= 0.6 is 11.3 Å². The standard InChI is InChI=1S/C27H18N4O2S/c28-16-19(27-29-22-8-4-5-9-25(22)34-27)14-20-17-31(21-6-2-1-3-7-21)30-26(20)18-10-11-23-24(15-18)33-13-12-32-23/h1-11,14-15,17H,12-13H2/b19-14-. The Morgan fingerprint density at radius 2 is 1.76 bits per heavy atom. The summed E-state index contributed by atoms with van der Waals surface area (Å²) >= 11 is 1.51. The van der Waals surface area contributed by atoms with Gasteiger partial charge in [-0.25, -0.2) is 9.67 Å². The minimum Gasteiger partial charge on any atom is -0.486 e. The smallest absolute Gasteiger partial charge is 0.162 e. The highest BCUT2D eigenvalue weighted by atomic mass is 32.1. The van der Waals surface area contributed by atoms with E-state index in [9.17, 15) is 5.26 Å². The van der Waals surface area contributed by atoms with Crippen molar-refractivity contribution >= 4 is 33.2 Å². The number of nitriles is 1. The number of hydrogen-bond acceptors (Lipinski definition) is 6. The van der Waals surface area contributed by atoms with Crippen molar-refractivity contribution in [3.05, 3.63) is 89.6 Å². The van der Waals surface area contributed by atoms with E-state index < -0.39 is 0 Å². The highest BCUT2D eigenvalue weighted by Crippen LogP contribution is 2.36. The molecular weight excluding hydrogens is 444 g/mol. The monoisotopic (exact) mass is 462 g/mol. The molecule has 7 heteroatoms. The average Bonchev–Trinajstić information content (AvgIpc) is 3.52.